The predicted molar refractivity (Wildman–Crippen MR) is 77.8 cm³/mol. The second kappa shape index (κ2) is 4.66. The molecule has 0 aliphatic rings. The number of rotatable bonds is 5. The van der Waals surface area contributed by atoms with E-state index in [9.17, 15) is 5.11 Å². The van der Waals surface area contributed by atoms with Crippen molar-refractivity contribution < 1.29 is 14.0 Å². The van der Waals surface area contributed by atoms with Crippen LogP contribution < -0.4 is 0 Å². The highest BCUT2D eigenvalue weighted by Crippen LogP contribution is 2.30. The van der Waals surface area contributed by atoms with Crippen molar-refractivity contribution in [2.75, 3.05) is 0 Å². The summed E-state index contributed by atoms with van der Waals surface area (Å²) in [4.78, 5) is 0. The predicted octanol–water partition coefficient (Wildman–Crippen LogP) is 1.48. The van der Waals surface area contributed by atoms with Gasteiger partial charge in [0.05, 0.1) is 15.8 Å². The zero-order valence-corrected chi connectivity index (χ0v) is 16.3. The Morgan fingerprint density at radius 3 is 1.44 bits per heavy atom. The molecular weight excluding hydrogens is 252 g/mol. The second-order valence-electron chi connectivity index (χ2n) is 6.92. The van der Waals surface area contributed by atoms with Gasteiger partial charge in [-0.25, -0.2) is 0 Å². The zero-order chi connectivity index (χ0) is 13.4. The van der Waals surface area contributed by atoms with Gasteiger partial charge in [-0.05, 0) is 53.1 Å². The third-order valence-corrected chi connectivity index (χ3v) is 6.13. The second-order valence-corrected chi connectivity index (χ2v) is 17.1. The topological polar surface area (TPSA) is 38.7 Å². The number of hydrogen-bond acceptors (Lipinski definition) is 3. The van der Waals surface area contributed by atoms with Crippen LogP contribution in [-0.2, 0) is 8.85 Å². The van der Waals surface area contributed by atoms with Gasteiger partial charge in [0, 0.05) is 0 Å². The lowest BCUT2D eigenvalue weighted by Gasteiger charge is -2.46. The van der Waals surface area contributed by atoms with Crippen LogP contribution in [0.4, 0.5) is 0 Å². The molecule has 1 atom stereocenters. The quantitative estimate of drug-likeness (QED) is 0.612. The molecule has 1 unspecified atom stereocenters. The van der Waals surface area contributed by atoms with Gasteiger partial charge >= 0.3 is 0 Å². The average Bonchev–Trinajstić information content (AvgIpc) is 1.72. The van der Waals surface area contributed by atoms with Crippen LogP contribution in [0.25, 0.3) is 0 Å². The fraction of sp³-hybridized carbons (Fsp3) is 1.00. The summed E-state index contributed by atoms with van der Waals surface area (Å²) >= 11 is 0. The standard InChI is InChI=1S/C10H28O3Si3/c1-9(2,12-15(3,4)5)10(11,14)13-16(6,7)8/h11H,1-8,14H3. The minimum absolute atomic E-state index is 0.546. The van der Waals surface area contributed by atoms with Crippen LogP contribution >= 0.6 is 0 Å². The molecule has 0 saturated carbocycles. The molecule has 0 aliphatic carbocycles. The minimum Gasteiger partial charge on any atom is -0.408 e. The molecule has 1 N–H and O–H groups in total. The summed E-state index contributed by atoms with van der Waals surface area (Å²) in [6.45, 7) is 16.5. The van der Waals surface area contributed by atoms with Crippen LogP contribution in [0.15, 0.2) is 0 Å². The molecule has 0 rings (SSSR count). The van der Waals surface area contributed by atoms with Crippen molar-refractivity contribution in [3.05, 3.63) is 0 Å². The van der Waals surface area contributed by atoms with E-state index in [2.05, 4.69) is 39.3 Å². The summed E-state index contributed by atoms with van der Waals surface area (Å²) < 4.78 is 11.9. The molecule has 0 aromatic rings. The molecule has 0 aromatic carbocycles. The van der Waals surface area contributed by atoms with E-state index >= 15 is 0 Å². The van der Waals surface area contributed by atoms with Gasteiger partial charge in [0.1, 0.15) is 0 Å². The Morgan fingerprint density at radius 2 is 1.19 bits per heavy atom. The zero-order valence-electron chi connectivity index (χ0n) is 12.3. The Bertz CT molecular complexity index is 213. The molecule has 0 heterocycles. The van der Waals surface area contributed by atoms with Gasteiger partial charge in [0.15, 0.2) is 22.0 Å². The maximum atomic E-state index is 10.5. The summed E-state index contributed by atoms with van der Waals surface area (Å²) in [5.74, 6) is 0. The van der Waals surface area contributed by atoms with E-state index in [4.69, 9.17) is 8.85 Å². The maximum Gasteiger partial charge on any atom is 0.187 e. The van der Waals surface area contributed by atoms with E-state index in [1.54, 1.807) is 0 Å². The molecule has 0 saturated heterocycles. The molecule has 0 radical (unpaired) electrons. The van der Waals surface area contributed by atoms with E-state index in [-0.39, 0.29) is 0 Å². The first kappa shape index (κ1) is 16.5. The first-order chi connectivity index (χ1) is 6.66. The van der Waals surface area contributed by atoms with Crippen molar-refractivity contribution in [1.82, 2.24) is 0 Å². The van der Waals surface area contributed by atoms with Crippen LogP contribution in [0.2, 0.25) is 39.3 Å². The molecule has 3 nitrogen and oxygen atoms in total. The fourth-order valence-corrected chi connectivity index (χ4v) is 6.88. The van der Waals surface area contributed by atoms with Gasteiger partial charge in [-0.2, -0.15) is 0 Å². The highest BCUT2D eigenvalue weighted by atomic mass is 28.4. The van der Waals surface area contributed by atoms with E-state index in [1.165, 1.54) is 0 Å². The van der Waals surface area contributed by atoms with Crippen molar-refractivity contribution in [3.63, 3.8) is 0 Å². The van der Waals surface area contributed by atoms with Crippen molar-refractivity contribution in [1.29, 1.82) is 0 Å². The summed E-state index contributed by atoms with van der Waals surface area (Å²) in [6, 6.07) is 0. The molecular formula is C10H28O3Si3. The van der Waals surface area contributed by atoms with Crippen molar-refractivity contribution in [2.24, 2.45) is 0 Å². The Balaban J connectivity index is 4.85. The van der Waals surface area contributed by atoms with Gasteiger partial charge in [-0.1, -0.05) is 0 Å². The van der Waals surface area contributed by atoms with Crippen LogP contribution in [-0.4, -0.2) is 43.0 Å². The average molecular weight is 281 g/mol. The highest BCUT2D eigenvalue weighted by Gasteiger charge is 2.45. The summed E-state index contributed by atoms with van der Waals surface area (Å²) in [7, 11) is -2.89. The Morgan fingerprint density at radius 1 is 0.875 bits per heavy atom. The Hall–Kier alpha value is 0.531. The molecule has 0 fully saturated rings. The third kappa shape index (κ3) is 5.74. The molecule has 0 aliphatic heterocycles. The van der Waals surface area contributed by atoms with Crippen LogP contribution in [0.5, 0.6) is 0 Å². The fourth-order valence-electron chi connectivity index (χ4n) is 1.58. The molecule has 16 heavy (non-hydrogen) atoms. The van der Waals surface area contributed by atoms with Crippen LogP contribution in [0, 0.1) is 0 Å². The van der Waals surface area contributed by atoms with Gasteiger partial charge in [-0.3, -0.25) is 0 Å². The highest BCUT2D eigenvalue weighted by molar-refractivity contribution is 6.70. The summed E-state index contributed by atoms with van der Waals surface area (Å²) in [6.07, 6.45) is 0. The monoisotopic (exact) mass is 280 g/mol. The number of hydrogen-bond donors (Lipinski definition) is 1. The van der Waals surface area contributed by atoms with Crippen molar-refractivity contribution in [3.8, 4) is 0 Å². The van der Waals surface area contributed by atoms with Crippen molar-refractivity contribution >= 4 is 26.9 Å². The Labute approximate surface area is 105 Å². The van der Waals surface area contributed by atoms with Crippen LogP contribution in [0.1, 0.15) is 13.8 Å². The smallest absolute Gasteiger partial charge is 0.187 e. The van der Waals surface area contributed by atoms with Gasteiger partial charge < -0.3 is 14.0 Å². The van der Waals surface area contributed by atoms with Gasteiger partial charge in [0.2, 0.25) is 0 Å². The molecule has 0 bridgehead atoms. The van der Waals surface area contributed by atoms with E-state index in [1.807, 2.05) is 13.8 Å². The lowest BCUT2D eigenvalue weighted by Crippen LogP contribution is -2.61. The minimum atomic E-state index is -1.76. The maximum absolute atomic E-state index is 10.5. The molecule has 0 amide bonds. The summed E-state index contributed by atoms with van der Waals surface area (Å²) in [5, 5.41) is 10.5. The first-order valence-electron chi connectivity index (χ1n) is 5.79. The molecule has 98 valence electrons. The van der Waals surface area contributed by atoms with E-state index in [0.717, 1.165) is 0 Å². The normalized spacial score (nSPS) is 18.6. The first-order valence-corrected chi connectivity index (χ1v) is 13.6. The largest absolute Gasteiger partial charge is 0.408 e. The molecule has 0 aromatic heterocycles. The molecule has 6 heteroatoms. The van der Waals surface area contributed by atoms with Crippen LogP contribution in [0.3, 0.4) is 0 Å². The molecule has 0 spiro atoms. The lowest BCUT2D eigenvalue weighted by atomic mass is 10.1. The van der Waals surface area contributed by atoms with Crippen molar-refractivity contribution in [2.45, 2.75) is 64.1 Å². The number of aliphatic hydroxyl groups is 1. The van der Waals surface area contributed by atoms with E-state index in [0.29, 0.717) is 10.2 Å². The van der Waals surface area contributed by atoms with Gasteiger partial charge in [0.25, 0.3) is 0 Å². The third-order valence-electron chi connectivity index (χ3n) is 2.18. The SMILES string of the molecule is CC(C)(O[Si](C)(C)C)C(O)([SiH3])O[Si](C)(C)C. The van der Waals surface area contributed by atoms with E-state index < -0.39 is 27.6 Å². The van der Waals surface area contributed by atoms with Gasteiger partial charge in [-0.15, -0.1) is 0 Å². The Kier molecular flexibility index (Phi) is 4.81. The summed E-state index contributed by atoms with van der Waals surface area (Å²) in [5.41, 5.74) is -1.72. The lowest BCUT2D eigenvalue weighted by molar-refractivity contribution is -0.182.